The molecule has 2 aromatic carbocycles. The third-order valence-corrected chi connectivity index (χ3v) is 4.69. The molecule has 8 heteroatoms. The number of nitrogens with zero attached hydrogens (tertiary/aromatic N) is 2. The van der Waals surface area contributed by atoms with E-state index in [4.69, 9.17) is 0 Å². The number of benzene rings is 2. The van der Waals surface area contributed by atoms with Crippen LogP contribution in [0.15, 0.2) is 60.8 Å². The van der Waals surface area contributed by atoms with Gasteiger partial charge in [0.05, 0.1) is 11.9 Å². The number of aromatic amines is 1. The largest absolute Gasteiger partial charge is 0.508 e. The molecule has 0 saturated carbocycles. The van der Waals surface area contributed by atoms with Crippen LogP contribution in [0.5, 0.6) is 5.75 Å². The number of nitrogens with one attached hydrogen (secondary N) is 2. The molecule has 0 radical (unpaired) electrons. The van der Waals surface area contributed by atoms with E-state index in [1.807, 2.05) is 18.2 Å². The molecule has 0 aliphatic carbocycles. The van der Waals surface area contributed by atoms with Crippen molar-refractivity contribution in [2.24, 2.45) is 0 Å². The zero-order chi connectivity index (χ0) is 19.0. The monoisotopic (exact) mass is 380 g/mol. The Bertz CT molecular complexity index is 1210. The SMILES string of the molecule is CS(=O)(=O)Nc1ccc(-c2cnc3n[nH]c(-c4ccc(O)cc4)c3c2)cc1. The molecule has 0 saturated heterocycles. The predicted molar refractivity (Wildman–Crippen MR) is 105 cm³/mol. The number of anilines is 1. The van der Waals surface area contributed by atoms with E-state index in [0.29, 0.717) is 11.3 Å². The van der Waals surface area contributed by atoms with Crippen LogP contribution in [-0.4, -0.2) is 35.0 Å². The molecule has 0 amide bonds. The quantitative estimate of drug-likeness (QED) is 0.503. The Morgan fingerprint density at radius 2 is 1.63 bits per heavy atom. The second-order valence-electron chi connectivity index (χ2n) is 6.19. The number of H-pyrrole nitrogens is 1. The molecule has 4 aromatic rings. The van der Waals surface area contributed by atoms with Crippen LogP contribution in [0.3, 0.4) is 0 Å². The second kappa shape index (κ2) is 6.40. The normalized spacial score (nSPS) is 11.6. The Morgan fingerprint density at radius 3 is 2.30 bits per heavy atom. The number of pyridine rings is 1. The van der Waals surface area contributed by atoms with Crippen molar-refractivity contribution < 1.29 is 13.5 Å². The van der Waals surface area contributed by atoms with Crippen LogP contribution in [0.1, 0.15) is 0 Å². The topological polar surface area (TPSA) is 108 Å². The minimum absolute atomic E-state index is 0.198. The molecular formula is C19H16N4O3S. The van der Waals surface area contributed by atoms with Crippen LogP contribution in [0.25, 0.3) is 33.4 Å². The van der Waals surface area contributed by atoms with Crippen molar-refractivity contribution in [3.8, 4) is 28.1 Å². The van der Waals surface area contributed by atoms with Gasteiger partial charge in [0, 0.05) is 28.4 Å². The lowest BCUT2D eigenvalue weighted by atomic mass is 10.0. The van der Waals surface area contributed by atoms with Gasteiger partial charge in [-0.05, 0) is 48.0 Å². The summed E-state index contributed by atoms with van der Waals surface area (Å²) in [6.07, 6.45) is 2.84. The zero-order valence-electron chi connectivity index (χ0n) is 14.3. The van der Waals surface area contributed by atoms with Crippen LogP contribution >= 0.6 is 0 Å². The summed E-state index contributed by atoms with van der Waals surface area (Å²) in [5, 5.41) is 17.6. The lowest BCUT2D eigenvalue weighted by molar-refractivity contribution is 0.475. The highest BCUT2D eigenvalue weighted by Gasteiger charge is 2.11. The van der Waals surface area contributed by atoms with Crippen molar-refractivity contribution in [2.75, 3.05) is 11.0 Å². The molecular weight excluding hydrogens is 364 g/mol. The fourth-order valence-electron chi connectivity index (χ4n) is 2.85. The van der Waals surface area contributed by atoms with Gasteiger partial charge in [-0.2, -0.15) is 5.10 Å². The summed E-state index contributed by atoms with van der Waals surface area (Å²) in [6, 6.07) is 15.9. The minimum atomic E-state index is -3.31. The van der Waals surface area contributed by atoms with E-state index in [2.05, 4.69) is 19.9 Å². The molecule has 0 aliphatic rings. The number of rotatable bonds is 4. The van der Waals surface area contributed by atoms with Crippen molar-refractivity contribution in [3.05, 3.63) is 60.8 Å². The summed E-state index contributed by atoms with van der Waals surface area (Å²) >= 11 is 0. The van der Waals surface area contributed by atoms with Gasteiger partial charge >= 0.3 is 0 Å². The van der Waals surface area contributed by atoms with Crippen molar-refractivity contribution in [3.63, 3.8) is 0 Å². The van der Waals surface area contributed by atoms with Gasteiger partial charge in [-0.25, -0.2) is 13.4 Å². The van der Waals surface area contributed by atoms with Gasteiger partial charge in [-0.15, -0.1) is 0 Å². The highest BCUT2D eigenvalue weighted by molar-refractivity contribution is 7.92. The summed E-state index contributed by atoms with van der Waals surface area (Å²) in [7, 11) is -3.31. The number of phenolic OH excluding ortho intramolecular Hbond substituents is 1. The molecule has 136 valence electrons. The van der Waals surface area contributed by atoms with E-state index in [1.54, 1.807) is 42.6 Å². The highest BCUT2D eigenvalue weighted by atomic mass is 32.2. The summed E-state index contributed by atoms with van der Waals surface area (Å²) in [4.78, 5) is 4.40. The third-order valence-electron chi connectivity index (χ3n) is 4.09. The van der Waals surface area contributed by atoms with E-state index in [1.165, 1.54) is 0 Å². The first-order valence-electron chi connectivity index (χ1n) is 8.11. The van der Waals surface area contributed by atoms with Crippen molar-refractivity contribution in [1.29, 1.82) is 0 Å². The Balaban J connectivity index is 1.73. The Labute approximate surface area is 155 Å². The molecule has 0 bridgehead atoms. The van der Waals surface area contributed by atoms with Crippen LogP contribution in [0.2, 0.25) is 0 Å². The second-order valence-corrected chi connectivity index (χ2v) is 7.94. The van der Waals surface area contributed by atoms with Gasteiger partial charge in [0.15, 0.2) is 5.65 Å². The van der Waals surface area contributed by atoms with Crippen LogP contribution in [0, 0.1) is 0 Å². The molecule has 2 aromatic heterocycles. The number of sulfonamides is 1. The molecule has 27 heavy (non-hydrogen) atoms. The van der Waals surface area contributed by atoms with Gasteiger partial charge in [-0.3, -0.25) is 9.82 Å². The fourth-order valence-corrected chi connectivity index (χ4v) is 3.41. The van der Waals surface area contributed by atoms with E-state index in [-0.39, 0.29) is 5.75 Å². The lowest BCUT2D eigenvalue weighted by Gasteiger charge is -2.06. The molecule has 7 nitrogen and oxygen atoms in total. The molecule has 0 spiro atoms. The zero-order valence-corrected chi connectivity index (χ0v) is 15.2. The molecule has 0 aliphatic heterocycles. The Kier molecular flexibility index (Phi) is 4.04. The number of aromatic hydroxyl groups is 1. The van der Waals surface area contributed by atoms with Gasteiger partial charge < -0.3 is 5.11 Å². The van der Waals surface area contributed by atoms with Crippen LogP contribution < -0.4 is 4.72 Å². The first-order chi connectivity index (χ1) is 12.9. The molecule has 0 unspecified atom stereocenters. The van der Waals surface area contributed by atoms with E-state index in [9.17, 15) is 13.5 Å². The van der Waals surface area contributed by atoms with Gasteiger partial charge in [0.1, 0.15) is 5.75 Å². The summed E-state index contributed by atoms with van der Waals surface area (Å²) in [5.74, 6) is 0.198. The fraction of sp³-hybridized carbons (Fsp3) is 0.0526. The van der Waals surface area contributed by atoms with Crippen LogP contribution in [-0.2, 0) is 10.0 Å². The van der Waals surface area contributed by atoms with E-state index >= 15 is 0 Å². The smallest absolute Gasteiger partial charge is 0.229 e. The first kappa shape index (κ1) is 17.0. The Hall–Kier alpha value is -3.39. The summed E-state index contributed by atoms with van der Waals surface area (Å²) < 4.78 is 25.1. The maximum Gasteiger partial charge on any atom is 0.229 e. The number of fused-ring (bicyclic) bond motifs is 1. The van der Waals surface area contributed by atoms with Gasteiger partial charge in [0.25, 0.3) is 0 Å². The average Bonchev–Trinajstić information content (AvgIpc) is 3.05. The standard InChI is InChI=1S/C19H16N4O3S/c1-27(25,26)23-15-6-2-12(3-7-15)14-10-17-18(21-22-19(17)20-11-14)13-4-8-16(24)9-5-13/h2-11,23-24H,1H3,(H,20,21,22). The van der Waals surface area contributed by atoms with Crippen molar-refractivity contribution >= 4 is 26.7 Å². The van der Waals surface area contributed by atoms with E-state index in [0.717, 1.165) is 34.0 Å². The molecule has 3 N–H and O–H groups in total. The molecule has 4 rings (SSSR count). The summed E-state index contributed by atoms with van der Waals surface area (Å²) in [5.41, 5.74) is 4.59. The Morgan fingerprint density at radius 1 is 0.963 bits per heavy atom. The number of hydrogen-bond acceptors (Lipinski definition) is 5. The van der Waals surface area contributed by atoms with Crippen LogP contribution in [0.4, 0.5) is 5.69 Å². The number of phenols is 1. The molecule has 0 fully saturated rings. The van der Waals surface area contributed by atoms with Gasteiger partial charge in [-0.1, -0.05) is 12.1 Å². The summed E-state index contributed by atoms with van der Waals surface area (Å²) in [6.45, 7) is 0. The lowest BCUT2D eigenvalue weighted by Crippen LogP contribution is -2.09. The van der Waals surface area contributed by atoms with Crippen molar-refractivity contribution in [2.45, 2.75) is 0 Å². The van der Waals surface area contributed by atoms with Crippen molar-refractivity contribution in [1.82, 2.24) is 15.2 Å². The predicted octanol–water partition coefficient (Wildman–Crippen LogP) is 3.37. The maximum absolute atomic E-state index is 11.3. The number of aromatic nitrogens is 3. The molecule has 2 heterocycles. The third kappa shape index (κ3) is 3.61. The molecule has 0 atom stereocenters. The average molecular weight is 380 g/mol. The van der Waals surface area contributed by atoms with E-state index < -0.39 is 10.0 Å². The van der Waals surface area contributed by atoms with Gasteiger partial charge in [0.2, 0.25) is 10.0 Å². The number of hydrogen-bond donors (Lipinski definition) is 3. The maximum atomic E-state index is 11.3. The minimum Gasteiger partial charge on any atom is -0.508 e. The highest BCUT2D eigenvalue weighted by Crippen LogP contribution is 2.30. The first-order valence-corrected chi connectivity index (χ1v) is 10.00.